The Balaban J connectivity index is 1.52. The topological polar surface area (TPSA) is 83.8 Å². The SMILES string of the molecule is O=C(NCCCc1cnoc1)c1cc(-c2ccc(F)cc2)n[nH]1. The molecule has 0 bridgehead atoms. The molecule has 23 heavy (non-hydrogen) atoms. The Morgan fingerprint density at radius 3 is 2.87 bits per heavy atom. The summed E-state index contributed by atoms with van der Waals surface area (Å²) in [7, 11) is 0. The fourth-order valence-electron chi connectivity index (χ4n) is 2.15. The van der Waals surface area contributed by atoms with Gasteiger partial charge in [-0.3, -0.25) is 9.89 Å². The van der Waals surface area contributed by atoms with E-state index >= 15 is 0 Å². The van der Waals surface area contributed by atoms with Gasteiger partial charge in [-0.2, -0.15) is 5.10 Å². The highest BCUT2D eigenvalue weighted by Crippen LogP contribution is 2.17. The molecule has 2 aromatic heterocycles. The van der Waals surface area contributed by atoms with E-state index in [1.54, 1.807) is 30.7 Å². The first-order chi connectivity index (χ1) is 11.2. The summed E-state index contributed by atoms with van der Waals surface area (Å²) in [4.78, 5) is 12.0. The number of aryl methyl sites for hydroxylation is 1. The molecule has 3 aromatic rings. The van der Waals surface area contributed by atoms with E-state index in [0.29, 0.717) is 17.9 Å². The molecule has 0 atom stereocenters. The number of aromatic nitrogens is 3. The van der Waals surface area contributed by atoms with Gasteiger partial charge in [-0.25, -0.2) is 4.39 Å². The lowest BCUT2D eigenvalue weighted by molar-refractivity contribution is 0.0948. The molecule has 0 aliphatic heterocycles. The van der Waals surface area contributed by atoms with Gasteiger partial charge in [0, 0.05) is 17.7 Å². The molecule has 6 nitrogen and oxygen atoms in total. The first kappa shape index (κ1) is 15.0. The van der Waals surface area contributed by atoms with Gasteiger partial charge in [-0.1, -0.05) is 5.16 Å². The van der Waals surface area contributed by atoms with E-state index in [1.165, 1.54) is 12.1 Å². The summed E-state index contributed by atoms with van der Waals surface area (Å²) >= 11 is 0. The van der Waals surface area contributed by atoms with Crippen LogP contribution in [0.2, 0.25) is 0 Å². The van der Waals surface area contributed by atoms with Gasteiger partial charge in [0.05, 0.1) is 11.9 Å². The highest BCUT2D eigenvalue weighted by molar-refractivity contribution is 5.93. The highest BCUT2D eigenvalue weighted by atomic mass is 19.1. The van der Waals surface area contributed by atoms with E-state index in [4.69, 9.17) is 4.52 Å². The van der Waals surface area contributed by atoms with Gasteiger partial charge < -0.3 is 9.84 Å². The maximum Gasteiger partial charge on any atom is 0.269 e. The first-order valence-corrected chi connectivity index (χ1v) is 7.20. The normalized spacial score (nSPS) is 10.7. The van der Waals surface area contributed by atoms with E-state index in [9.17, 15) is 9.18 Å². The predicted molar refractivity (Wildman–Crippen MR) is 81.1 cm³/mol. The number of benzene rings is 1. The van der Waals surface area contributed by atoms with Crippen LogP contribution in [0, 0.1) is 5.82 Å². The van der Waals surface area contributed by atoms with Crippen LogP contribution in [0.4, 0.5) is 4.39 Å². The molecule has 0 saturated heterocycles. The molecular formula is C16H15FN4O2. The predicted octanol–water partition coefficient (Wildman–Crippen LogP) is 2.57. The molecule has 118 valence electrons. The Morgan fingerprint density at radius 1 is 1.30 bits per heavy atom. The minimum atomic E-state index is -0.310. The Hall–Kier alpha value is -2.96. The summed E-state index contributed by atoms with van der Waals surface area (Å²) in [6, 6.07) is 7.59. The van der Waals surface area contributed by atoms with Crippen molar-refractivity contribution in [3.05, 3.63) is 59.9 Å². The molecule has 0 aliphatic rings. The molecule has 0 saturated carbocycles. The summed E-state index contributed by atoms with van der Waals surface area (Å²) in [5.74, 6) is -0.536. The standard InChI is InChI=1S/C16H15FN4O2/c17-13-5-3-12(4-6-13)14-8-15(21-20-14)16(22)18-7-1-2-11-9-19-23-10-11/h3-6,8-10H,1-2,7H2,(H,18,22)(H,20,21). The Labute approximate surface area is 131 Å². The van der Waals surface area contributed by atoms with Crippen molar-refractivity contribution < 1.29 is 13.7 Å². The number of nitrogens with zero attached hydrogens (tertiary/aromatic N) is 2. The van der Waals surface area contributed by atoms with E-state index in [1.807, 2.05) is 0 Å². The molecule has 0 spiro atoms. The second kappa shape index (κ2) is 6.87. The van der Waals surface area contributed by atoms with Crippen molar-refractivity contribution in [3.8, 4) is 11.3 Å². The molecule has 0 fully saturated rings. The Kier molecular flexibility index (Phi) is 4.46. The van der Waals surface area contributed by atoms with Gasteiger partial charge in [-0.15, -0.1) is 0 Å². The zero-order valence-electron chi connectivity index (χ0n) is 12.3. The smallest absolute Gasteiger partial charge is 0.269 e. The van der Waals surface area contributed by atoms with Crippen LogP contribution in [0.1, 0.15) is 22.5 Å². The van der Waals surface area contributed by atoms with Gasteiger partial charge in [0.1, 0.15) is 17.8 Å². The number of carbonyl (C=O) groups excluding carboxylic acids is 1. The quantitative estimate of drug-likeness (QED) is 0.685. The molecule has 2 heterocycles. The van der Waals surface area contributed by atoms with Crippen molar-refractivity contribution in [3.63, 3.8) is 0 Å². The van der Waals surface area contributed by atoms with Gasteiger partial charge in [0.2, 0.25) is 0 Å². The van der Waals surface area contributed by atoms with Crippen LogP contribution in [0.25, 0.3) is 11.3 Å². The number of aromatic amines is 1. The van der Waals surface area contributed by atoms with E-state index < -0.39 is 0 Å². The van der Waals surface area contributed by atoms with E-state index in [0.717, 1.165) is 24.0 Å². The third-order valence-electron chi connectivity index (χ3n) is 3.37. The molecule has 2 N–H and O–H groups in total. The van der Waals surface area contributed by atoms with Crippen LogP contribution in [0.3, 0.4) is 0 Å². The number of amides is 1. The number of carbonyl (C=O) groups is 1. The average Bonchev–Trinajstić information content (AvgIpc) is 3.24. The molecule has 0 aliphatic carbocycles. The number of halogens is 1. The maximum absolute atomic E-state index is 12.9. The van der Waals surface area contributed by atoms with Crippen LogP contribution in [0.15, 0.2) is 47.3 Å². The first-order valence-electron chi connectivity index (χ1n) is 7.20. The summed E-state index contributed by atoms with van der Waals surface area (Å²) in [5.41, 5.74) is 2.71. The minimum absolute atomic E-state index is 0.226. The molecule has 1 aromatic carbocycles. The second-order valence-electron chi connectivity index (χ2n) is 5.07. The molecule has 7 heteroatoms. The molecule has 1 amide bonds. The number of rotatable bonds is 6. The van der Waals surface area contributed by atoms with Gasteiger partial charge in [-0.05, 0) is 43.2 Å². The van der Waals surface area contributed by atoms with E-state index in [2.05, 4.69) is 20.7 Å². The summed E-state index contributed by atoms with van der Waals surface area (Å²) < 4.78 is 17.6. The Morgan fingerprint density at radius 2 is 2.13 bits per heavy atom. The fraction of sp³-hybridized carbons (Fsp3) is 0.188. The number of H-pyrrole nitrogens is 1. The van der Waals surface area contributed by atoms with Crippen LogP contribution in [-0.2, 0) is 6.42 Å². The molecule has 0 radical (unpaired) electrons. The van der Waals surface area contributed by atoms with Crippen LogP contribution >= 0.6 is 0 Å². The molecule has 0 unspecified atom stereocenters. The highest BCUT2D eigenvalue weighted by Gasteiger charge is 2.10. The average molecular weight is 314 g/mol. The minimum Gasteiger partial charge on any atom is -0.364 e. The van der Waals surface area contributed by atoms with E-state index in [-0.39, 0.29) is 11.7 Å². The lowest BCUT2D eigenvalue weighted by atomic mass is 10.1. The van der Waals surface area contributed by atoms with Crippen molar-refractivity contribution >= 4 is 5.91 Å². The van der Waals surface area contributed by atoms with Crippen LogP contribution in [0.5, 0.6) is 0 Å². The zero-order valence-corrected chi connectivity index (χ0v) is 12.3. The second-order valence-corrected chi connectivity index (χ2v) is 5.07. The van der Waals surface area contributed by atoms with Crippen LogP contribution in [-0.4, -0.2) is 27.8 Å². The van der Waals surface area contributed by atoms with Crippen molar-refractivity contribution in [2.24, 2.45) is 0 Å². The monoisotopic (exact) mass is 314 g/mol. The van der Waals surface area contributed by atoms with Gasteiger partial charge in [0.15, 0.2) is 0 Å². The summed E-state index contributed by atoms with van der Waals surface area (Å²) in [5, 5.41) is 13.2. The third kappa shape index (κ3) is 3.82. The lowest BCUT2D eigenvalue weighted by Crippen LogP contribution is -2.25. The van der Waals surface area contributed by atoms with Crippen LogP contribution < -0.4 is 5.32 Å². The van der Waals surface area contributed by atoms with Crippen molar-refractivity contribution in [1.82, 2.24) is 20.7 Å². The summed E-state index contributed by atoms with van der Waals surface area (Å²) in [6.07, 6.45) is 4.82. The van der Waals surface area contributed by atoms with Gasteiger partial charge >= 0.3 is 0 Å². The lowest BCUT2D eigenvalue weighted by Gasteiger charge is -2.01. The molecule has 3 rings (SSSR count). The molecular weight excluding hydrogens is 299 g/mol. The third-order valence-corrected chi connectivity index (χ3v) is 3.37. The maximum atomic E-state index is 12.9. The Bertz CT molecular complexity index is 766. The number of hydrogen-bond acceptors (Lipinski definition) is 4. The number of hydrogen-bond donors (Lipinski definition) is 2. The summed E-state index contributed by atoms with van der Waals surface area (Å²) in [6.45, 7) is 0.537. The zero-order chi connectivity index (χ0) is 16.1. The van der Waals surface area contributed by atoms with Crippen molar-refractivity contribution in [1.29, 1.82) is 0 Å². The van der Waals surface area contributed by atoms with Crippen molar-refractivity contribution in [2.75, 3.05) is 6.54 Å². The fourth-order valence-corrected chi connectivity index (χ4v) is 2.15. The van der Waals surface area contributed by atoms with Gasteiger partial charge in [0.25, 0.3) is 5.91 Å². The number of nitrogens with one attached hydrogen (secondary N) is 2. The largest absolute Gasteiger partial charge is 0.364 e. The van der Waals surface area contributed by atoms with Crippen molar-refractivity contribution in [2.45, 2.75) is 12.8 Å².